The largest absolute Gasteiger partial charge is 0.463 e. The monoisotopic (exact) mass is 269 g/mol. The first-order chi connectivity index (χ1) is 8.45. The van der Waals surface area contributed by atoms with Crippen molar-refractivity contribution in [1.82, 2.24) is 4.72 Å². The fourth-order valence-electron chi connectivity index (χ4n) is 1.26. The van der Waals surface area contributed by atoms with Crippen LogP contribution in [0.1, 0.15) is 13.8 Å². The molecule has 18 heavy (non-hydrogen) atoms. The van der Waals surface area contributed by atoms with Crippen LogP contribution in [0.15, 0.2) is 47.0 Å². The SMILES string of the molecule is CCOC(=O)C=C(C)NS(=O)(=O)c1ccccc1. The first kappa shape index (κ1) is 14.2. The molecule has 1 N–H and O–H groups in total. The number of carbonyl (C=O) groups is 1. The average molecular weight is 269 g/mol. The van der Waals surface area contributed by atoms with Gasteiger partial charge in [0.05, 0.1) is 11.5 Å². The van der Waals surface area contributed by atoms with Crippen LogP contribution in [0, 0.1) is 0 Å². The minimum atomic E-state index is -3.65. The Labute approximate surface area is 107 Å². The number of ether oxygens (including phenoxy) is 1. The lowest BCUT2D eigenvalue weighted by molar-refractivity contribution is -0.137. The van der Waals surface area contributed by atoms with E-state index in [1.54, 1.807) is 25.1 Å². The lowest BCUT2D eigenvalue weighted by Gasteiger charge is -2.07. The summed E-state index contributed by atoms with van der Waals surface area (Å²) in [4.78, 5) is 11.3. The Morgan fingerprint density at radius 1 is 1.33 bits per heavy atom. The maximum absolute atomic E-state index is 11.9. The summed E-state index contributed by atoms with van der Waals surface area (Å²) in [7, 11) is -3.65. The van der Waals surface area contributed by atoms with Gasteiger partial charge in [-0.05, 0) is 26.0 Å². The van der Waals surface area contributed by atoms with Gasteiger partial charge in [0.2, 0.25) is 0 Å². The molecule has 5 nitrogen and oxygen atoms in total. The van der Waals surface area contributed by atoms with Crippen LogP contribution in [0.3, 0.4) is 0 Å². The molecule has 0 radical (unpaired) electrons. The van der Waals surface area contributed by atoms with Gasteiger partial charge in [-0.2, -0.15) is 0 Å². The van der Waals surface area contributed by atoms with E-state index in [9.17, 15) is 13.2 Å². The maximum Gasteiger partial charge on any atom is 0.332 e. The number of esters is 1. The van der Waals surface area contributed by atoms with Crippen LogP contribution in [0.2, 0.25) is 0 Å². The third-order valence-electron chi connectivity index (χ3n) is 1.97. The molecule has 0 amide bonds. The molecule has 0 unspecified atom stereocenters. The summed E-state index contributed by atoms with van der Waals surface area (Å²) in [6.45, 7) is 3.40. The van der Waals surface area contributed by atoms with Crippen LogP contribution in [0.4, 0.5) is 0 Å². The first-order valence-electron chi connectivity index (χ1n) is 5.38. The molecule has 0 heterocycles. The van der Waals surface area contributed by atoms with E-state index in [-0.39, 0.29) is 17.2 Å². The number of hydrogen-bond acceptors (Lipinski definition) is 4. The van der Waals surface area contributed by atoms with Crippen molar-refractivity contribution in [3.8, 4) is 0 Å². The molecule has 0 spiro atoms. The third kappa shape index (κ3) is 4.21. The maximum atomic E-state index is 11.9. The zero-order valence-electron chi connectivity index (χ0n) is 10.2. The number of hydrogen-bond donors (Lipinski definition) is 1. The lowest BCUT2D eigenvalue weighted by Crippen LogP contribution is -2.22. The summed E-state index contributed by atoms with van der Waals surface area (Å²) in [5, 5.41) is 0. The van der Waals surface area contributed by atoms with E-state index < -0.39 is 16.0 Å². The molecule has 0 fully saturated rings. The molecular weight excluding hydrogens is 254 g/mol. The molecule has 1 rings (SSSR count). The van der Waals surface area contributed by atoms with Crippen molar-refractivity contribution < 1.29 is 17.9 Å². The Balaban J connectivity index is 2.82. The highest BCUT2D eigenvalue weighted by molar-refractivity contribution is 7.89. The Morgan fingerprint density at radius 2 is 1.94 bits per heavy atom. The van der Waals surface area contributed by atoms with Crippen LogP contribution in [0.5, 0.6) is 0 Å². The molecule has 0 aliphatic rings. The van der Waals surface area contributed by atoms with Crippen LogP contribution >= 0.6 is 0 Å². The van der Waals surface area contributed by atoms with E-state index in [4.69, 9.17) is 0 Å². The molecule has 1 aromatic rings. The Bertz CT molecular complexity index is 534. The predicted octanol–water partition coefficient (Wildman–Crippen LogP) is 1.43. The van der Waals surface area contributed by atoms with Gasteiger partial charge in [-0.15, -0.1) is 0 Å². The highest BCUT2D eigenvalue weighted by Crippen LogP contribution is 2.08. The summed E-state index contributed by atoms with van der Waals surface area (Å²) < 4.78 is 30.7. The van der Waals surface area contributed by atoms with Crippen molar-refractivity contribution >= 4 is 16.0 Å². The molecule has 0 bridgehead atoms. The van der Waals surface area contributed by atoms with Crippen LogP contribution in [0.25, 0.3) is 0 Å². The second-order valence-electron chi connectivity index (χ2n) is 3.50. The smallest absolute Gasteiger partial charge is 0.332 e. The van der Waals surface area contributed by atoms with Gasteiger partial charge in [-0.1, -0.05) is 18.2 Å². The van der Waals surface area contributed by atoms with E-state index in [1.165, 1.54) is 19.1 Å². The fraction of sp³-hybridized carbons (Fsp3) is 0.250. The zero-order valence-corrected chi connectivity index (χ0v) is 11.0. The zero-order chi connectivity index (χ0) is 13.6. The summed E-state index contributed by atoms with van der Waals surface area (Å²) in [6.07, 6.45) is 1.10. The number of sulfonamides is 1. The molecule has 0 saturated heterocycles. The van der Waals surface area contributed by atoms with Crippen molar-refractivity contribution in [2.45, 2.75) is 18.7 Å². The molecule has 0 aliphatic heterocycles. The second kappa shape index (κ2) is 6.20. The van der Waals surface area contributed by atoms with Gasteiger partial charge in [-0.25, -0.2) is 13.2 Å². The van der Waals surface area contributed by atoms with E-state index >= 15 is 0 Å². The first-order valence-corrected chi connectivity index (χ1v) is 6.87. The highest BCUT2D eigenvalue weighted by atomic mass is 32.2. The molecule has 98 valence electrons. The van der Waals surface area contributed by atoms with Gasteiger partial charge < -0.3 is 4.74 Å². The number of allylic oxidation sites excluding steroid dienone is 1. The molecule has 6 heteroatoms. The van der Waals surface area contributed by atoms with E-state index in [0.29, 0.717) is 0 Å². The number of benzene rings is 1. The Hall–Kier alpha value is -1.82. The normalized spacial score (nSPS) is 12.0. The Kier molecular flexibility index (Phi) is 4.91. The van der Waals surface area contributed by atoms with Gasteiger partial charge in [0.1, 0.15) is 0 Å². The minimum absolute atomic E-state index is 0.140. The predicted molar refractivity (Wildman–Crippen MR) is 67.2 cm³/mol. The highest BCUT2D eigenvalue weighted by Gasteiger charge is 2.13. The van der Waals surface area contributed by atoms with Gasteiger partial charge in [0.25, 0.3) is 10.0 Å². The molecule has 0 aliphatic carbocycles. The number of carbonyl (C=O) groups excluding carboxylic acids is 1. The average Bonchev–Trinajstić information content (AvgIpc) is 2.29. The van der Waals surface area contributed by atoms with Crippen molar-refractivity contribution in [3.05, 3.63) is 42.1 Å². The third-order valence-corrected chi connectivity index (χ3v) is 3.45. The topological polar surface area (TPSA) is 72.5 Å². The number of nitrogens with one attached hydrogen (secondary N) is 1. The summed E-state index contributed by atoms with van der Waals surface area (Å²) in [5.41, 5.74) is 0.206. The standard InChI is InChI=1S/C12H15NO4S/c1-3-17-12(14)9-10(2)13-18(15,16)11-7-5-4-6-8-11/h4-9,13H,3H2,1-2H3. The van der Waals surface area contributed by atoms with E-state index in [2.05, 4.69) is 9.46 Å². The molecular formula is C12H15NO4S. The molecule has 0 aromatic heterocycles. The summed E-state index contributed by atoms with van der Waals surface area (Å²) in [6, 6.07) is 7.91. The van der Waals surface area contributed by atoms with Crippen LogP contribution in [-0.4, -0.2) is 21.0 Å². The van der Waals surface area contributed by atoms with Gasteiger partial charge in [0, 0.05) is 11.8 Å². The molecule has 0 saturated carbocycles. The molecule has 0 atom stereocenters. The van der Waals surface area contributed by atoms with E-state index in [0.717, 1.165) is 6.08 Å². The van der Waals surface area contributed by atoms with Crippen molar-refractivity contribution in [2.24, 2.45) is 0 Å². The second-order valence-corrected chi connectivity index (χ2v) is 5.18. The minimum Gasteiger partial charge on any atom is -0.463 e. The van der Waals surface area contributed by atoms with Crippen LogP contribution in [-0.2, 0) is 19.6 Å². The van der Waals surface area contributed by atoms with Crippen molar-refractivity contribution in [2.75, 3.05) is 6.61 Å². The molecule has 1 aromatic carbocycles. The van der Waals surface area contributed by atoms with Gasteiger partial charge >= 0.3 is 5.97 Å². The summed E-state index contributed by atoms with van der Waals surface area (Å²) in [5.74, 6) is -0.578. The van der Waals surface area contributed by atoms with Gasteiger partial charge in [-0.3, -0.25) is 4.72 Å². The van der Waals surface area contributed by atoms with Crippen LogP contribution < -0.4 is 4.72 Å². The van der Waals surface area contributed by atoms with E-state index in [1.807, 2.05) is 0 Å². The fourth-order valence-corrected chi connectivity index (χ4v) is 2.38. The number of rotatable bonds is 5. The Morgan fingerprint density at radius 3 is 2.50 bits per heavy atom. The lowest BCUT2D eigenvalue weighted by atomic mass is 10.4. The van der Waals surface area contributed by atoms with Crippen molar-refractivity contribution in [1.29, 1.82) is 0 Å². The van der Waals surface area contributed by atoms with Gasteiger partial charge in [0.15, 0.2) is 0 Å². The van der Waals surface area contributed by atoms with Crippen molar-refractivity contribution in [3.63, 3.8) is 0 Å². The summed E-state index contributed by atoms with van der Waals surface area (Å²) >= 11 is 0. The quantitative estimate of drug-likeness (QED) is 0.648.